The molecule has 3 rings (SSSR count). The van der Waals surface area contributed by atoms with E-state index >= 15 is 0 Å². The number of nitrogens with zero attached hydrogens (tertiary/aromatic N) is 1. The number of hydrogen-bond acceptors (Lipinski definition) is 5. The van der Waals surface area contributed by atoms with Gasteiger partial charge in [0.05, 0.1) is 13.7 Å². The standard InChI is InChI=1S/C20H28N2O5/c1-3-14-8-10-20(11-9-14)18(24)22(19(25)21-20)12-15(23)13-27-17-6-4-16(26-2)5-7-17/h4-7,14-15,23H,3,8-13H2,1-2H3,(H,21,25). The van der Waals surface area contributed by atoms with Crippen LogP contribution in [0.25, 0.3) is 0 Å². The van der Waals surface area contributed by atoms with Crippen LogP contribution < -0.4 is 14.8 Å². The summed E-state index contributed by atoms with van der Waals surface area (Å²) in [6.07, 6.45) is 3.38. The lowest BCUT2D eigenvalue weighted by Gasteiger charge is -2.34. The molecule has 1 aromatic rings. The van der Waals surface area contributed by atoms with Gasteiger partial charge in [-0.15, -0.1) is 0 Å². The molecule has 2 aliphatic rings. The van der Waals surface area contributed by atoms with Crippen molar-refractivity contribution in [3.05, 3.63) is 24.3 Å². The number of benzene rings is 1. The second-order valence-electron chi connectivity index (χ2n) is 7.42. The van der Waals surface area contributed by atoms with Crippen molar-refractivity contribution in [1.82, 2.24) is 10.2 Å². The fourth-order valence-corrected chi connectivity index (χ4v) is 3.89. The summed E-state index contributed by atoms with van der Waals surface area (Å²) in [6, 6.07) is 6.57. The molecular formula is C20H28N2O5. The van der Waals surface area contributed by atoms with Crippen LogP contribution in [0.5, 0.6) is 11.5 Å². The highest BCUT2D eigenvalue weighted by Gasteiger charge is 2.52. The van der Waals surface area contributed by atoms with Crippen molar-refractivity contribution < 1.29 is 24.2 Å². The quantitative estimate of drug-likeness (QED) is 0.713. The summed E-state index contributed by atoms with van der Waals surface area (Å²) in [4.78, 5) is 26.3. The van der Waals surface area contributed by atoms with E-state index in [0.717, 1.165) is 24.2 Å². The first kappa shape index (κ1) is 19.5. The van der Waals surface area contributed by atoms with E-state index in [1.54, 1.807) is 31.4 Å². The number of urea groups is 1. The van der Waals surface area contributed by atoms with Crippen molar-refractivity contribution in [3.8, 4) is 11.5 Å². The van der Waals surface area contributed by atoms with E-state index in [-0.39, 0.29) is 19.1 Å². The highest BCUT2D eigenvalue weighted by Crippen LogP contribution is 2.37. The minimum atomic E-state index is -0.955. The van der Waals surface area contributed by atoms with Crippen LogP contribution in [0.15, 0.2) is 24.3 Å². The molecule has 0 aromatic heterocycles. The van der Waals surface area contributed by atoms with Gasteiger partial charge in [0.15, 0.2) is 0 Å². The summed E-state index contributed by atoms with van der Waals surface area (Å²) in [5.41, 5.74) is -0.778. The number of aliphatic hydroxyl groups excluding tert-OH is 1. The highest BCUT2D eigenvalue weighted by molar-refractivity contribution is 6.07. The number of aliphatic hydroxyl groups is 1. The Hall–Kier alpha value is -2.28. The molecule has 1 heterocycles. The number of imide groups is 1. The first-order valence-electron chi connectivity index (χ1n) is 9.56. The summed E-state index contributed by atoms with van der Waals surface area (Å²) in [5.74, 6) is 1.70. The van der Waals surface area contributed by atoms with Crippen molar-refractivity contribution in [1.29, 1.82) is 0 Å². The van der Waals surface area contributed by atoms with Crippen LogP contribution in [0.3, 0.4) is 0 Å². The molecular weight excluding hydrogens is 348 g/mol. The Labute approximate surface area is 159 Å². The molecule has 0 bridgehead atoms. The molecule has 2 fully saturated rings. The zero-order valence-corrected chi connectivity index (χ0v) is 15.9. The molecule has 148 valence electrons. The average Bonchev–Trinajstić information content (AvgIpc) is 2.91. The lowest BCUT2D eigenvalue weighted by Crippen LogP contribution is -2.50. The zero-order chi connectivity index (χ0) is 19.4. The van der Waals surface area contributed by atoms with Crippen molar-refractivity contribution >= 4 is 11.9 Å². The second-order valence-corrected chi connectivity index (χ2v) is 7.42. The van der Waals surface area contributed by atoms with Gasteiger partial charge in [0.25, 0.3) is 5.91 Å². The molecule has 1 aromatic carbocycles. The van der Waals surface area contributed by atoms with E-state index in [1.165, 1.54) is 0 Å². The molecule has 1 unspecified atom stereocenters. The Morgan fingerprint density at radius 3 is 2.44 bits per heavy atom. The maximum atomic E-state index is 12.8. The van der Waals surface area contributed by atoms with Gasteiger partial charge in [0.1, 0.15) is 29.7 Å². The molecule has 1 saturated heterocycles. The molecule has 1 aliphatic heterocycles. The zero-order valence-electron chi connectivity index (χ0n) is 15.9. The third-order valence-corrected chi connectivity index (χ3v) is 5.68. The molecule has 1 saturated carbocycles. The van der Waals surface area contributed by atoms with Gasteiger partial charge >= 0.3 is 6.03 Å². The van der Waals surface area contributed by atoms with Gasteiger partial charge in [-0.05, 0) is 55.9 Å². The molecule has 7 heteroatoms. The largest absolute Gasteiger partial charge is 0.497 e. The number of amides is 3. The molecule has 27 heavy (non-hydrogen) atoms. The van der Waals surface area contributed by atoms with E-state index < -0.39 is 17.7 Å². The van der Waals surface area contributed by atoms with Crippen LogP contribution in [0.4, 0.5) is 4.79 Å². The van der Waals surface area contributed by atoms with Crippen LogP contribution in [-0.4, -0.2) is 53.8 Å². The maximum Gasteiger partial charge on any atom is 0.325 e. The minimum Gasteiger partial charge on any atom is -0.497 e. The van der Waals surface area contributed by atoms with Crippen LogP contribution in [0, 0.1) is 5.92 Å². The number of hydrogen-bond donors (Lipinski definition) is 2. The number of ether oxygens (including phenoxy) is 2. The summed E-state index contributed by atoms with van der Waals surface area (Å²) in [5, 5.41) is 13.1. The number of rotatable bonds is 7. The van der Waals surface area contributed by atoms with Crippen molar-refractivity contribution in [2.45, 2.75) is 50.7 Å². The van der Waals surface area contributed by atoms with Crippen LogP contribution in [0.1, 0.15) is 39.0 Å². The summed E-state index contributed by atoms with van der Waals surface area (Å²) < 4.78 is 10.6. The highest BCUT2D eigenvalue weighted by atomic mass is 16.5. The Balaban J connectivity index is 1.53. The van der Waals surface area contributed by atoms with Gasteiger partial charge in [-0.25, -0.2) is 4.79 Å². The topological polar surface area (TPSA) is 88.1 Å². The molecule has 3 amide bonds. The Morgan fingerprint density at radius 1 is 1.22 bits per heavy atom. The molecule has 0 radical (unpaired) electrons. The first-order chi connectivity index (χ1) is 13.0. The van der Waals surface area contributed by atoms with E-state index in [0.29, 0.717) is 30.3 Å². The number of carbonyl (C=O) groups is 2. The SMILES string of the molecule is CCC1CCC2(CC1)NC(=O)N(CC(O)COc1ccc(OC)cc1)C2=O. The van der Waals surface area contributed by atoms with Gasteiger partial charge in [0, 0.05) is 0 Å². The van der Waals surface area contributed by atoms with Gasteiger partial charge < -0.3 is 19.9 Å². The maximum absolute atomic E-state index is 12.8. The van der Waals surface area contributed by atoms with E-state index in [1.807, 2.05) is 0 Å². The summed E-state index contributed by atoms with van der Waals surface area (Å²) in [6.45, 7) is 2.08. The predicted molar refractivity (Wildman–Crippen MR) is 99.7 cm³/mol. The summed E-state index contributed by atoms with van der Waals surface area (Å²) in [7, 11) is 1.58. The molecule has 2 N–H and O–H groups in total. The van der Waals surface area contributed by atoms with Gasteiger partial charge in [-0.3, -0.25) is 9.69 Å². The van der Waals surface area contributed by atoms with Crippen LogP contribution >= 0.6 is 0 Å². The normalized spacial score (nSPS) is 26.2. The predicted octanol–water partition coefficient (Wildman–Crippen LogP) is 2.33. The number of carbonyl (C=O) groups excluding carboxylic acids is 2. The lowest BCUT2D eigenvalue weighted by molar-refractivity contribution is -0.133. The van der Waals surface area contributed by atoms with E-state index in [4.69, 9.17) is 9.47 Å². The molecule has 1 atom stereocenters. The third kappa shape index (κ3) is 4.18. The van der Waals surface area contributed by atoms with Crippen molar-refractivity contribution in [2.75, 3.05) is 20.3 Å². The van der Waals surface area contributed by atoms with Crippen LogP contribution in [-0.2, 0) is 4.79 Å². The summed E-state index contributed by atoms with van der Waals surface area (Å²) >= 11 is 0. The van der Waals surface area contributed by atoms with Gasteiger partial charge in [0.2, 0.25) is 0 Å². The van der Waals surface area contributed by atoms with Crippen molar-refractivity contribution in [3.63, 3.8) is 0 Å². The second kappa shape index (κ2) is 8.17. The lowest BCUT2D eigenvalue weighted by atomic mass is 9.75. The Morgan fingerprint density at radius 2 is 1.85 bits per heavy atom. The van der Waals surface area contributed by atoms with Gasteiger partial charge in [-0.1, -0.05) is 13.3 Å². The first-order valence-corrected chi connectivity index (χ1v) is 9.56. The third-order valence-electron chi connectivity index (χ3n) is 5.68. The number of nitrogens with one attached hydrogen (secondary N) is 1. The molecule has 7 nitrogen and oxygen atoms in total. The number of β-amino-alcohol motifs (C(OH)–C–C–N with tert-alkyl or cyclic N) is 1. The fourth-order valence-electron chi connectivity index (χ4n) is 3.89. The smallest absolute Gasteiger partial charge is 0.325 e. The molecule has 1 spiro atoms. The van der Waals surface area contributed by atoms with E-state index in [9.17, 15) is 14.7 Å². The molecule has 1 aliphatic carbocycles. The van der Waals surface area contributed by atoms with Crippen LogP contribution in [0.2, 0.25) is 0 Å². The van der Waals surface area contributed by atoms with Gasteiger partial charge in [-0.2, -0.15) is 0 Å². The minimum absolute atomic E-state index is 0.00566. The fraction of sp³-hybridized carbons (Fsp3) is 0.600. The monoisotopic (exact) mass is 376 g/mol. The van der Waals surface area contributed by atoms with Crippen molar-refractivity contribution in [2.24, 2.45) is 5.92 Å². The Kier molecular flexibility index (Phi) is 5.89. The number of methoxy groups -OCH3 is 1. The van der Waals surface area contributed by atoms with E-state index in [2.05, 4.69) is 12.2 Å². The Bertz CT molecular complexity index is 667. The average molecular weight is 376 g/mol.